The summed E-state index contributed by atoms with van der Waals surface area (Å²) < 4.78 is 7.75. The first kappa shape index (κ1) is 39.6. The standard InChI is InChI=1S/C69H43N3O/c1-67(2)50-23-11-12-26-57(50)72(59-39-55-48(38-56(59)67)44-20-9-10-22-49(44)68(55,42-16-5-3-6-17-42)43-18-7-4-8-19-43)58-27-13-21-45-46-33-35-52-62(66(46)73-65(45)58)47-32-30-40-28-29-41-31-34-51(61(47)60(40)41)69(52)53-24-14-36-70-63(53)64-54(69)25-15-37-71-64/h3-39H,1-2H3. The highest BCUT2D eigenvalue weighted by Crippen LogP contribution is 2.65. The third-order valence-corrected chi connectivity index (χ3v) is 17.6. The van der Waals surface area contributed by atoms with E-state index in [9.17, 15) is 0 Å². The summed E-state index contributed by atoms with van der Waals surface area (Å²) in [4.78, 5) is 12.7. The van der Waals surface area contributed by atoms with Gasteiger partial charge < -0.3 is 9.32 Å². The summed E-state index contributed by atoms with van der Waals surface area (Å²) in [6, 6.07) is 74.9. The molecule has 5 aliphatic rings. The summed E-state index contributed by atoms with van der Waals surface area (Å²) in [6.07, 6.45) is 8.34. The fourth-order valence-corrected chi connectivity index (χ4v) is 14.7. The van der Waals surface area contributed by atoms with E-state index in [1.807, 2.05) is 12.4 Å². The van der Waals surface area contributed by atoms with Crippen LogP contribution in [0.2, 0.25) is 0 Å². The van der Waals surface area contributed by atoms with Crippen molar-refractivity contribution in [3.05, 3.63) is 279 Å². The molecule has 0 N–H and O–H groups in total. The zero-order valence-electron chi connectivity index (χ0n) is 40.1. The first-order valence-electron chi connectivity index (χ1n) is 25.5. The lowest BCUT2D eigenvalue weighted by atomic mass is 9.61. The van der Waals surface area contributed by atoms with Crippen molar-refractivity contribution >= 4 is 61.9 Å². The predicted octanol–water partition coefficient (Wildman–Crippen LogP) is 16.8. The normalized spacial score (nSPS) is 15.8. The van der Waals surface area contributed by atoms with Gasteiger partial charge in [0.15, 0.2) is 5.58 Å². The van der Waals surface area contributed by atoms with Crippen LogP contribution in [0.1, 0.15) is 80.6 Å². The molecule has 12 aromatic rings. The number of nitrogens with zero attached hydrogens (tertiary/aromatic N) is 3. The molecule has 17 rings (SSSR count). The number of aromatic nitrogens is 2. The van der Waals surface area contributed by atoms with Crippen LogP contribution < -0.4 is 4.90 Å². The number of rotatable bonds is 3. The van der Waals surface area contributed by atoms with Crippen molar-refractivity contribution in [3.8, 4) is 33.6 Å². The Bertz CT molecular complexity index is 4390. The van der Waals surface area contributed by atoms with Crippen LogP contribution in [0.25, 0.3) is 78.5 Å². The fraction of sp³-hybridized carbons (Fsp3) is 0.0725. The van der Waals surface area contributed by atoms with Crippen LogP contribution in [0.4, 0.5) is 17.1 Å². The molecule has 340 valence electrons. The van der Waals surface area contributed by atoms with Gasteiger partial charge in [-0.05, 0) is 131 Å². The van der Waals surface area contributed by atoms with Gasteiger partial charge in [-0.2, -0.15) is 0 Å². The van der Waals surface area contributed by atoms with Crippen LogP contribution >= 0.6 is 0 Å². The lowest BCUT2D eigenvalue weighted by Crippen LogP contribution is -2.32. The van der Waals surface area contributed by atoms with Gasteiger partial charge in [0.2, 0.25) is 0 Å². The van der Waals surface area contributed by atoms with E-state index in [1.165, 1.54) is 83.1 Å². The maximum atomic E-state index is 7.75. The van der Waals surface area contributed by atoms with Crippen molar-refractivity contribution in [3.63, 3.8) is 0 Å². The number of hydrogen-bond donors (Lipinski definition) is 0. The summed E-state index contributed by atoms with van der Waals surface area (Å²) in [5.41, 5.74) is 25.1. The number of fused-ring (bicyclic) bond motifs is 18. The van der Waals surface area contributed by atoms with Gasteiger partial charge in [0, 0.05) is 34.1 Å². The SMILES string of the molecule is CC1(C)c2ccccc2N(c2cccc3c2oc2c4c(ccc23)C2(c3cccnc3-c3ncccc32)c2ccc3c5c(ccc-4c25)C=C3)c2cc3c(cc21)-c1ccccc1C3(c1ccccc1)c1ccccc1. The summed E-state index contributed by atoms with van der Waals surface area (Å²) >= 11 is 0. The first-order chi connectivity index (χ1) is 36.0. The highest BCUT2D eigenvalue weighted by atomic mass is 16.3. The van der Waals surface area contributed by atoms with E-state index in [2.05, 4.69) is 231 Å². The zero-order chi connectivity index (χ0) is 48.0. The van der Waals surface area contributed by atoms with Gasteiger partial charge in [0.05, 0.1) is 39.3 Å². The molecule has 0 saturated carbocycles. The second-order valence-electron chi connectivity index (χ2n) is 21.1. The molecule has 4 nitrogen and oxygen atoms in total. The molecule has 0 fully saturated rings. The molecule has 3 aromatic heterocycles. The Hall–Kier alpha value is -9.12. The van der Waals surface area contributed by atoms with Gasteiger partial charge in [0.1, 0.15) is 5.58 Å². The van der Waals surface area contributed by atoms with Crippen LogP contribution in [-0.4, -0.2) is 9.97 Å². The molecule has 0 radical (unpaired) electrons. The molecule has 1 spiro atoms. The summed E-state index contributed by atoms with van der Waals surface area (Å²) in [6.45, 7) is 4.79. The van der Waals surface area contributed by atoms with E-state index >= 15 is 0 Å². The first-order valence-corrected chi connectivity index (χ1v) is 25.5. The van der Waals surface area contributed by atoms with E-state index < -0.39 is 10.8 Å². The van der Waals surface area contributed by atoms with E-state index in [-0.39, 0.29) is 5.41 Å². The Morgan fingerprint density at radius 1 is 0.384 bits per heavy atom. The fourth-order valence-electron chi connectivity index (χ4n) is 14.7. The molecule has 0 amide bonds. The minimum Gasteiger partial charge on any atom is -0.453 e. The molecular weight excluding hydrogens is 887 g/mol. The molecule has 0 saturated heterocycles. The van der Waals surface area contributed by atoms with Crippen molar-refractivity contribution in [2.75, 3.05) is 4.90 Å². The summed E-state index contributed by atoms with van der Waals surface area (Å²) in [5, 5.41) is 4.73. The van der Waals surface area contributed by atoms with Gasteiger partial charge in [0.25, 0.3) is 0 Å². The van der Waals surface area contributed by atoms with Crippen LogP contribution in [0.5, 0.6) is 0 Å². The van der Waals surface area contributed by atoms with Crippen LogP contribution in [0.3, 0.4) is 0 Å². The number of para-hydroxylation sites is 2. The highest BCUT2D eigenvalue weighted by Gasteiger charge is 2.53. The largest absolute Gasteiger partial charge is 0.453 e. The van der Waals surface area contributed by atoms with E-state index in [1.54, 1.807) is 0 Å². The second-order valence-corrected chi connectivity index (χ2v) is 21.1. The summed E-state index contributed by atoms with van der Waals surface area (Å²) in [7, 11) is 0. The monoisotopic (exact) mass is 929 g/mol. The van der Waals surface area contributed by atoms with Crippen molar-refractivity contribution in [1.29, 1.82) is 0 Å². The lowest BCUT2D eigenvalue weighted by Gasteiger charge is -2.43. The van der Waals surface area contributed by atoms with Gasteiger partial charge in [-0.3, -0.25) is 9.97 Å². The smallest absolute Gasteiger partial charge is 0.159 e. The van der Waals surface area contributed by atoms with Crippen LogP contribution in [-0.2, 0) is 16.2 Å². The maximum absolute atomic E-state index is 7.75. The predicted molar refractivity (Wildman–Crippen MR) is 296 cm³/mol. The van der Waals surface area contributed by atoms with Crippen LogP contribution in [0.15, 0.2) is 217 Å². The number of pyridine rings is 2. The Kier molecular flexibility index (Phi) is 7.39. The van der Waals surface area contributed by atoms with Crippen molar-refractivity contribution in [1.82, 2.24) is 9.97 Å². The molecule has 4 heterocycles. The quantitative estimate of drug-likeness (QED) is 0.177. The van der Waals surface area contributed by atoms with Gasteiger partial charge in [-0.1, -0.05) is 190 Å². The highest BCUT2D eigenvalue weighted by molar-refractivity contribution is 6.21. The Labute approximate surface area is 422 Å². The van der Waals surface area contributed by atoms with E-state index in [4.69, 9.17) is 14.4 Å². The molecule has 1 aliphatic heterocycles. The number of hydrogen-bond acceptors (Lipinski definition) is 4. The average molecular weight is 930 g/mol. The Morgan fingerprint density at radius 2 is 1.00 bits per heavy atom. The van der Waals surface area contributed by atoms with E-state index in [0.29, 0.717) is 0 Å². The molecule has 0 unspecified atom stereocenters. The Balaban J connectivity index is 0.978. The minimum atomic E-state index is -0.677. The van der Waals surface area contributed by atoms with Crippen molar-refractivity contribution in [2.24, 2.45) is 0 Å². The molecule has 4 aliphatic carbocycles. The van der Waals surface area contributed by atoms with Crippen LogP contribution in [0, 0.1) is 0 Å². The third kappa shape index (κ3) is 4.61. The molecule has 0 atom stereocenters. The molecule has 0 bridgehead atoms. The molecule has 4 heteroatoms. The molecule has 9 aromatic carbocycles. The van der Waals surface area contributed by atoms with Crippen molar-refractivity contribution in [2.45, 2.75) is 30.1 Å². The van der Waals surface area contributed by atoms with Crippen molar-refractivity contribution < 1.29 is 4.42 Å². The van der Waals surface area contributed by atoms with E-state index in [0.717, 1.165) is 67.1 Å². The number of furan rings is 1. The number of anilines is 3. The number of benzene rings is 9. The second kappa shape index (κ2) is 13.6. The van der Waals surface area contributed by atoms with Gasteiger partial charge in [-0.25, -0.2) is 0 Å². The third-order valence-electron chi connectivity index (χ3n) is 17.6. The van der Waals surface area contributed by atoms with Gasteiger partial charge >= 0.3 is 0 Å². The molecule has 73 heavy (non-hydrogen) atoms. The average Bonchev–Trinajstić information content (AvgIpc) is 4.21. The zero-order valence-corrected chi connectivity index (χ0v) is 40.1. The topological polar surface area (TPSA) is 42.2 Å². The minimum absolute atomic E-state index is 0.327. The maximum Gasteiger partial charge on any atom is 0.159 e. The molecular formula is C69H43N3O. The lowest BCUT2D eigenvalue weighted by molar-refractivity contribution is 0.629. The summed E-state index contributed by atoms with van der Waals surface area (Å²) in [5.74, 6) is 0. The Morgan fingerprint density at radius 3 is 1.74 bits per heavy atom. The van der Waals surface area contributed by atoms with Gasteiger partial charge in [-0.15, -0.1) is 0 Å².